The molecule has 2 aliphatic heterocycles. The monoisotopic (exact) mass is 426 g/mol. The van der Waals surface area contributed by atoms with Crippen LogP contribution in [0.25, 0.3) is 5.65 Å². The third-order valence-electron chi connectivity index (χ3n) is 5.70. The van der Waals surface area contributed by atoms with Gasteiger partial charge in [-0.15, -0.1) is 10.2 Å². The van der Waals surface area contributed by atoms with Gasteiger partial charge in [-0.05, 0) is 42.7 Å². The normalized spacial score (nSPS) is 19.0. The molecule has 5 rings (SSSR count). The summed E-state index contributed by atoms with van der Waals surface area (Å²) in [6.45, 7) is 2.56. The van der Waals surface area contributed by atoms with Crippen LogP contribution in [0.15, 0.2) is 36.5 Å². The van der Waals surface area contributed by atoms with Crippen molar-refractivity contribution in [1.82, 2.24) is 19.5 Å². The zero-order valence-electron chi connectivity index (χ0n) is 16.6. The number of rotatable bonds is 3. The number of pyridine rings is 1. The molecule has 2 aliphatic rings. The summed E-state index contributed by atoms with van der Waals surface area (Å²) in [6, 6.07) is 9.54. The molecule has 8 heteroatoms. The van der Waals surface area contributed by atoms with E-state index in [-0.39, 0.29) is 18.2 Å². The van der Waals surface area contributed by atoms with Gasteiger partial charge in [-0.3, -0.25) is 9.20 Å². The molecule has 7 nitrogen and oxygen atoms in total. The number of hydrogen-bond acceptors (Lipinski definition) is 5. The SMILES string of the molecule is O=C(Cc1cc(Cl)c2c(c1)OCCCO2)N1CCCC(c2nnc3ccccn23)C1. The van der Waals surface area contributed by atoms with Crippen molar-refractivity contribution < 1.29 is 14.3 Å². The molecule has 1 fully saturated rings. The molecule has 0 aliphatic carbocycles. The summed E-state index contributed by atoms with van der Waals surface area (Å²) in [4.78, 5) is 15.0. The smallest absolute Gasteiger partial charge is 0.227 e. The summed E-state index contributed by atoms with van der Waals surface area (Å²) in [7, 11) is 0. The molecule has 0 N–H and O–H groups in total. The molecule has 1 atom stereocenters. The van der Waals surface area contributed by atoms with Crippen LogP contribution < -0.4 is 9.47 Å². The number of aromatic nitrogens is 3. The van der Waals surface area contributed by atoms with Crippen molar-refractivity contribution in [1.29, 1.82) is 0 Å². The number of halogens is 1. The number of piperidine rings is 1. The Kier molecular flexibility index (Phi) is 5.21. The summed E-state index contributed by atoms with van der Waals surface area (Å²) >= 11 is 6.39. The predicted octanol–water partition coefficient (Wildman–Crippen LogP) is 3.49. The molecule has 156 valence electrons. The van der Waals surface area contributed by atoms with E-state index in [4.69, 9.17) is 21.1 Å². The highest BCUT2D eigenvalue weighted by Crippen LogP contribution is 2.38. The maximum absolute atomic E-state index is 13.1. The summed E-state index contributed by atoms with van der Waals surface area (Å²) in [6.07, 6.45) is 5.01. The molecular weight excluding hydrogens is 404 g/mol. The number of ether oxygens (including phenoxy) is 2. The number of fused-ring (bicyclic) bond motifs is 2. The number of benzene rings is 1. The van der Waals surface area contributed by atoms with Crippen LogP contribution in [0.4, 0.5) is 0 Å². The van der Waals surface area contributed by atoms with E-state index in [2.05, 4.69) is 10.2 Å². The van der Waals surface area contributed by atoms with Gasteiger partial charge in [0, 0.05) is 31.6 Å². The molecule has 0 saturated carbocycles. The lowest BCUT2D eigenvalue weighted by atomic mass is 9.96. The van der Waals surface area contributed by atoms with Crippen LogP contribution in [0, 0.1) is 0 Å². The van der Waals surface area contributed by atoms with Crippen molar-refractivity contribution in [2.24, 2.45) is 0 Å². The first-order chi connectivity index (χ1) is 14.7. The molecule has 1 aromatic carbocycles. The van der Waals surface area contributed by atoms with Gasteiger partial charge in [-0.1, -0.05) is 17.7 Å². The average Bonchev–Trinajstić information content (AvgIpc) is 3.04. The molecule has 1 saturated heterocycles. The standard InChI is InChI=1S/C22H23ClN4O3/c23-17-11-15(12-18-21(17)30-10-4-9-29-18)13-20(28)26-7-3-5-16(14-26)22-25-24-19-6-1-2-8-27(19)22/h1-2,6,8,11-12,16H,3-5,7,9-10,13-14H2. The summed E-state index contributed by atoms with van der Waals surface area (Å²) in [5.41, 5.74) is 1.67. The number of carbonyl (C=O) groups is 1. The van der Waals surface area contributed by atoms with Gasteiger partial charge in [0.25, 0.3) is 0 Å². The van der Waals surface area contributed by atoms with Crippen molar-refractivity contribution in [2.75, 3.05) is 26.3 Å². The highest BCUT2D eigenvalue weighted by atomic mass is 35.5. The molecule has 0 spiro atoms. The topological polar surface area (TPSA) is 69.0 Å². The van der Waals surface area contributed by atoms with Crippen LogP contribution in [0.1, 0.15) is 36.6 Å². The van der Waals surface area contributed by atoms with Gasteiger partial charge in [0.1, 0.15) is 5.82 Å². The average molecular weight is 427 g/mol. The number of amides is 1. The molecule has 4 heterocycles. The number of carbonyl (C=O) groups excluding carboxylic acids is 1. The van der Waals surface area contributed by atoms with E-state index in [1.54, 1.807) is 6.07 Å². The second kappa shape index (κ2) is 8.14. The molecule has 0 radical (unpaired) electrons. The molecule has 30 heavy (non-hydrogen) atoms. The second-order valence-electron chi connectivity index (χ2n) is 7.80. The quantitative estimate of drug-likeness (QED) is 0.641. The third kappa shape index (κ3) is 3.69. The fourth-order valence-corrected chi connectivity index (χ4v) is 4.51. The van der Waals surface area contributed by atoms with Crippen LogP contribution in [-0.4, -0.2) is 51.7 Å². The Hall–Kier alpha value is -2.80. The Balaban J connectivity index is 1.32. The highest BCUT2D eigenvalue weighted by molar-refractivity contribution is 6.32. The van der Waals surface area contributed by atoms with Crippen molar-refractivity contribution in [3.8, 4) is 11.5 Å². The lowest BCUT2D eigenvalue weighted by Crippen LogP contribution is -2.40. The van der Waals surface area contributed by atoms with Gasteiger partial charge in [-0.2, -0.15) is 0 Å². The van der Waals surface area contributed by atoms with E-state index in [9.17, 15) is 4.79 Å². The van der Waals surface area contributed by atoms with E-state index >= 15 is 0 Å². The Morgan fingerprint density at radius 1 is 1.17 bits per heavy atom. The zero-order valence-corrected chi connectivity index (χ0v) is 17.3. The molecule has 1 unspecified atom stereocenters. The first kappa shape index (κ1) is 19.2. The zero-order chi connectivity index (χ0) is 20.5. The molecule has 3 aromatic rings. The second-order valence-corrected chi connectivity index (χ2v) is 8.21. The Labute approximate surface area is 179 Å². The fourth-order valence-electron chi connectivity index (χ4n) is 4.23. The van der Waals surface area contributed by atoms with E-state index in [1.165, 1.54) is 0 Å². The molecular formula is C22H23ClN4O3. The van der Waals surface area contributed by atoms with Crippen molar-refractivity contribution in [2.45, 2.75) is 31.6 Å². The van der Waals surface area contributed by atoms with Gasteiger partial charge in [-0.25, -0.2) is 0 Å². The Morgan fingerprint density at radius 2 is 2.07 bits per heavy atom. The van der Waals surface area contributed by atoms with Gasteiger partial charge in [0.2, 0.25) is 5.91 Å². The van der Waals surface area contributed by atoms with E-state index in [1.807, 2.05) is 39.8 Å². The maximum atomic E-state index is 13.1. The Morgan fingerprint density at radius 3 is 3.00 bits per heavy atom. The van der Waals surface area contributed by atoms with E-state index in [0.717, 1.165) is 42.8 Å². The van der Waals surface area contributed by atoms with Crippen LogP contribution in [0.2, 0.25) is 5.02 Å². The summed E-state index contributed by atoms with van der Waals surface area (Å²) < 4.78 is 13.4. The van der Waals surface area contributed by atoms with Gasteiger partial charge >= 0.3 is 0 Å². The predicted molar refractivity (Wildman–Crippen MR) is 112 cm³/mol. The van der Waals surface area contributed by atoms with Gasteiger partial charge in [0.15, 0.2) is 17.1 Å². The van der Waals surface area contributed by atoms with E-state index < -0.39 is 0 Å². The van der Waals surface area contributed by atoms with Crippen molar-refractivity contribution >= 4 is 23.2 Å². The summed E-state index contributed by atoms with van der Waals surface area (Å²) in [5.74, 6) is 2.37. The number of likely N-dealkylation sites (tertiary alicyclic amines) is 1. The number of hydrogen-bond donors (Lipinski definition) is 0. The highest BCUT2D eigenvalue weighted by Gasteiger charge is 2.28. The van der Waals surface area contributed by atoms with Crippen LogP contribution in [-0.2, 0) is 11.2 Å². The van der Waals surface area contributed by atoms with Crippen LogP contribution >= 0.6 is 11.6 Å². The summed E-state index contributed by atoms with van der Waals surface area (Å²) in [5, 5.41) is 9.14. The Bertz CT molecular complexity index is 1080. The minimum Gasteiger partial charge on any atom is -0.489 e. The maximum Gasteiger partial charge on any atom is 0.227 e. The first-order valence-corrected chi connectivity index (χ1v) is 10.7. The largest absolute Gasteiger partial charge is 0.489 e. The number of nitrogens with zero attached hydrogens (tertiary/aromatic N) is 4. The lowest BCUT2D eigenvalue weighted by Gasteiger charge is -2.32. The minimum absolute atomic E-state index is 0.0825. The van der Waals surface area contributed by atoms with Crippen molar-refractivity contribution in [3.05, 3.63) is 52.9 Å². The first-order valence-electron chi connectivity index (χ1n) is 10.3. The third-order valence-corrected chi connectivity index (χ3v) is 5.98. The van der Waals surface area contributed by atoms with Crippen LogP contribution in [0.3, 0.4) is 0 Å². The van der Waals surface area contributed by atoms with Gasteiger partial charge < -0.3 is 14.4 Å². The minimum atomic E-state index is 0.0825. The van der Waals surface area contributed by atoms with E-state index in [0.29, 0.717) is 36.3 Å². The van der Waals surface area contributed by atoms with Gasteiger partial charge in [0.05, 0.1) is 24.7 Å². The molecule has 1 amide bonds. The lowest BCUT2D eigenvalue weighted by molar-refractivity contribution is -0.131. The molecule has 2 aromatic heterocycles. The fraction of sp³-hybridized carbons (Fsp3) is 0.409. The van der Waals surface area contributed by atoms with Crippen molar-refractivity contribution in [3.63, 3.8) is 0 Å². The van der Waals surface area contributed by atoms with Crippen LogP contribution in [0.5, 0.6) is 11.5 Å². The molecule has 0 bridgehead atoms.